The third-order valence-corrected chi connectivity index (χ3v) is 3.79. The van der Waals surface area contributed by atoms with E-state index in [9.17, 15) is 0 Å². The van der Waals surface area contributed by atoms with Gasteiger partial charge in [0.05, 0.1) is 12.2 Å². The van der Waals surface area contributed by atoms with Gasteiger partial charge in [0.2, 0.25) is 0 Å². The van der Waals surface area contributed by atoms with Crippen LogP contribution in [0.5, 0.6) is 5.75 Å². The smallest absolute Gasteiger partial charge is 0.122 e. The summed E-state index contributed by atoms with van der Waals surface area (Å²) >= 11 is 3.46. The Bertz CT molecular complexity index is 415. The first-order valence-electron chi connectivity index (χ1n) is 6.81. The van der Waals surface area contributed by atoms with Crippen molar-refractivity contribution in [3.8, 4) is 5.75 Å². The van der Waals surface area contributed by atoms with E-state index in [0.29, 0.717) is 12.2 Å². The minimum Gasteiger partial charge on any atom is -0.492 e. The van der Waals surface area contributed by atoms with Gasteiger partial charge in [-0.2, -0.15) is 0 Å². The third kappa shape index (κ3) is 4.48. The average Bonchev–Trinajstić information content (AvgIpc) is 2.30. The molecule has 0 bridgehead atoms. The molecule has 1 aromatic rings. The van der Waals surface area contributed by atoms with Gasteiger partial charge in [-0.25, -0.2) is 0 Å². The van der Waals surface area contributed by atoms with Crippen LogP contribution in [0.15, 0.2) is 22.7 Å². The van der Waals surface area contributed by atoms with E-state index in [1.165, 1.54) is 0 Å². The number of hydrogen-bond acceptors (Lipinski definition) is 3. The van der Waals surface area contributed by atoms with Gasteiger partial charge in [-0.15, -0.1) is 0 Å². The van der Waals surface area contributed by atoms with Gasteiger partial charge in [0, 0.05) is 24.1 Å². The summed E-state index contributed by atoms with van der Waals surface area (Å²) in [7, 11) is 0. The van der Waals surface area contributed by atoms with Gasteiger partial charge in [0.15, 0.2) is 0 Å². The minimum atomic E-state index is 0.318. The monoisotopic (exact) mass is 327 g/mol. The van der Waals surface area contributed by atoms with Crippen molar-refractivity contribution in [2.45, 2.75) is 33.0 Å². The first-order chi connectivity index (χ1) is 9.04. The lowest BCUT2D eigenvalue weighted by atomic mass is 10.2. The standard InChI is InChI=1S/C15H22BrNO2/c1-11-8-14(16)4-5-15(11)18-7-6-17-9-12(2)19-13(3)10-17/h4-5,8,12-13H,6-7,9-10H2,1-3H3/t12-,13-/m0/s1. The maximum absolute atomic E-state index is 5.86. The van der Waals surface area contributed by atoms with Gasteiger partial charge in [-0.05, 0) is 44.5 Å². The van der Waals surface area contributed by atoms with Crippen LogP contribution in [0.1, 0.15) is 19.4 Å². The van der Waals surface area contributed by atoms with Crippen LogP contribution in [0.3, 0.4) is 0 Å². The molecule has 1 heterocycles. The largest absolute Gasteiger partial charge is 0.492 e. The van der Waals surface area contributed by atoms with E-state index in [4.69, 9.17) is 9.47 Å². The molecule has 19 heavy (non-hydrogen) atoms. The van der Waals surface area contributed by atoms with E-state index in [0.717, 1.165) is 42.0 Å². The van der Waals surface area contributed by atoms with Gasteiger partial charge >= 0.3 is 0 Å². The SMILES string of the molecule is Cc1cc(Br)ccc1OCCN1C[C@H](C)O[C@@H](C)C1. The molecule has 2 rings (SSSR count). The topological polar surface area (TPSA) is 21.7 Å². The quantitative estimate of drug-likeness (QED) is 0.847. The summed E-state index contributed by atoms with van der Waals surface area (Å²) in [5, 5.41) is 0. The van der Waals surface area contributed by atoms with E-state index in [1.54, 1.807) is 0 Å². The lowest BCUT2D eigenvalue weighted by Crippen LogP contribution is -2.46. The molecule has 1 aliphatic rings. The predicted molar refractivity (Wildman–Crippen MR) is 80.8 cm³/mol. The van der Waals surface area contributed by atoms with Crippen LogP contribution in [0.2, 0.25) is 0 Å². The Labute approximate surface area is 124 Å². The maximum atomic E-state index is 5.86. The minimum absolute atomic E-state index is 0.318. The molecule has 0 radical (unpaired) electrons. The Kier molecular flexibility index (Phi) is 5.25. The van der Waals surface area contributed by atoms with Gasteiger partial charge in [-0.3, -0.25) is 4.90 Å². The Balaban J connectivity index is 1.80. The van der Waals surface area contributed by atoms with Crippen molar-refractivity contribution in [3.63, 3.8) is 0 Å². The lowest BCUT2D eigenvalue weighted by molar-refractivity contribution is -0.0699. The molecule has 4 heteroatoms. The fourth-order valence-corrected chi connectivity index (χ4v) is 3.00. The zero-order chi connectivity index (χ0) is 13.8. The van der Waals surface area contributed by atoms with Crippen LogP contribution in [-0.2, 0) is 4.74 Å². The summed E-state index contributed by atoms with van der Waals surface area (Å²) in [6.07, 6.45) is 0.635. The summed E-state index contributed by atoms with van der Waals surface area (Å²) in [6, 6.07) is 6.11. The molecule has 1 fully saturated rings. The number of morpholine rings is 1. The fraction of sp³-hybridized carbons (Fsp3) is 0.600. The van der Waals surface area contributed by atoms with Crippen LogP contribution in [0.25, 0.3) is 0 Å². The lowest BCUT2D eigenvalue weighted by Gasteiger charge is -2.35. The average molecular weight is 328 g/mol. The highest BCUT2D eigenvalue weighted by Gasteiger charge is 2.21. The predicted octanol–water partition coefficient (Wildman–Crippen LogP) is 3.25. The van der Waals surface area contributed by atoms with E-state index >= 15 is 0 Å². The number of ether oxygens (including phenoxy) is 2. The van der Waals surface area contributed by atoms with Crippen LogP contribution in [0.4, 0.5) is 0 Å². The molecular weight excluding hydrogens is 306 g/mol. The highest BCUT2D eigenvalue weighted by atomic mass is 79.9. The van der Waals surface area contributed by atoms with Gasteiger partial charge in [0.25, 0.3) is 0 Å². The molecular formula is C15H22BrNO2. The second-order valence-corrected chi connectivity index (χ2v) is 6.19. The van der Waals surface area contributed by atoms with Crippen LogP contribution >= 0.6 is 15.9 Å². The summed E-state index contributed by atoms with van der Waals surface area (Å²) in [5.74, 6) is 0.970. The Morgan fingerprint density at radius 1 is 1.32 bits per heavy atom. The van der Waals surface area contributed by atoms with Crippen molar-refractivity contribution in [1.29, 1.82) is 0 Å². The summed E-state index contributed by atoms with van der Waals surface area (Å²) < 4.78 is 12.7. The summed E-state index contributed by atoms with van der Waals surface area (Å²) in [5.41, 5.74) is 1.16. The van der Waals surface area contributed by atoms with Crippen molar-refractivity contribution in [2.24, 2.45) is 0 Å². The molecule has 1 aliphatic heterocycles. The van der Waals surface area contributed by atoms with E-state index < -0.39 is 0 Å². The fourth-order valence-electron chi connectivity index (χ4n) is 2.53. The number of aryl methyl sites for hydroxylation is 1. The molecule has 3 nitrogen and oxygen atoms in total. The molecule has 2 atom stereocenters. The molecule has 0 aromatic heterocycles. The Morgan fingerprint density at radius 3 is 2.63 bits per heavy atom. The van der Waals surface area contributed by atoms with E-state index in [2.05, 4.69) is 47.7 Å². The van der Waals surface area contributed by atoms with Crippen molar-refractivity contribution in [1.82, 2.24) is 4.90 Å². The molecule has 106 valence electrons. The zero-order valence-corrected chi connectivity index (χ0v) is 13.4. The normalized spacial score (nSPS) is 24.4. The summed E-state index contributed by atoms with van der Waals surface area (Å²) in [4.78, 5) is 2.41. The van der Waals surface area contributed by atoms with E-state index in [-0.39, 0.29) is 0 Å². The first kappa shape index (κ1) is 14.8. The van der Waals surface area contributed by atoms with Crippen LogP contribution < -0.4 is 4.74 Å². The first-order valence-corrected chi connectivity index (χ1v) is 7.60. The molecule has 0 aliphatic carbocycles. The van der Waals surface area contributed by atoms with Crippen molar-refractivity contribution in [3.05, 3.63) is 28.2 Å². The zero-order valence-electron chi connectivity index (χ0n) is 11.9. The second-order valence-electron chi connectivity index (χ2n) is 5.28. The highest BCUT2D eigenvalue weighted by molar-refractivity contribution is 9.10. The third-order valence-electron chi connectivity index (χ3n) is 3.30. The number of benzene rings is 1. The Hall–Kier alpha value is -0.580. The Morgan fingerprint density at radius 2 is 2.00 bits per heavy atom. The second kappa shape index (κ2) is 6.73. The van der Waals surface area contributed by atoms with Crippen LogP contribution in [0, 0.1) is 6.92 Å². The van der Waals surface area contributed by atoms with E-state index in [1.807, 2.05) is 12.1 Å². The molecule has 0 unspecified atom stereocenters. The maximum Gasteiger partial charge on any atom is 0.122 e. The molecule has 0 saturated carbocycles. The van der Waals surface area contributed by atoms with Gasteiger partial charge in [-0.1, -0.05) is 15.9 Å². The molecule has 0 N–H and O–H groups in total. The molecule has 1 aromatic carbocycles. The van der Waals surface area contributed by atoms with Crippen molar-refractivity contribution >= 4 is 15.9 Å². The highest BCUT2D eigenvalue weighted by Crippen LogP contribution is 2.22. The number of rotatable bonds is 4. The number of nitrogens with zero attached hydrogens (tertiary/aromatic N) is 1. The van der Waals surface area contributed by atoms with Crippen LogP contribution in [-0.4, -0.2) is 43.3 Å². The van der Waals surface area contributed by atoms with Crippen molar-refractivity contribution in [2.75, 3.05) is 26.2 Å². The number of hydrogen-bond donors (Lipinski definition) is 0. The molecule has 0 amide bonds. The van der Waals surface area contributed by atoms with Gasteiger partial charge in [0.1, 0.15) is 12.4 Å². The van der Waals surface area contributed by atoms with Gasteiger partial charge < -0.3 is 9.47 Å². The molecule has 0 spiro atoms. The number of halogens is 1. The summed E-state index contributed by atoms with van der Waals surface area (Å²) in [6.45, 7) is 9.99. The molecule has 1 saturated heterocycles. The van der Waals surface area contributed by atoms with Crippen molar-refractivity contribution < 1.29 is 9.47 Å².